The van der Waals surface area contributed by atoms with E-state index in [2.05, 4.69) is 12.2 Å². The zero-order valence-corrected chi connectivity index (χ0v) is 10.3. The molecule has 0 radical (unpaired) electrons. The molecule has 0 aromatic heterocycles. The molecule has 16 heavy (non-hydrogen) atoms. The van der Waals surface area contributed by atoms with Gasteiger partial charge >= 0.3 is 0 Å². The van der Waals surface area contributed by atoms with Gasteiger partial charge in [0.15, 0.2) is 0 Å². The Morgan fingerprint density at radius 3 is 2.94 bits per heavy atom. The summed E-state index contributed by atoms with van der Waals surface area (Å²) in [7, 11) is 0. The van der Waals surface area contributed by atoms with Gasteiger partial charge in [-0.25, -0.2) is 0 Å². The average Bonchev–Trinajstić information content (AvgIpc) is 2.22. The van der Waals surface area contributed by atoms with Gasteiger partial charge in [-0.15, -0.1) is 0 Å². The smallest absolute Gasteiger partial charge is 0.246 e. The van der Waals surface area contributed by atoms with E-state index in [1.54, 1.807) is 0 Å². The number of nitrogens with zero attached hydrogens (tertiary/aromatic N) is 1. The fraction of sp³-hybridized carbons (Fsp3) is 0.417. The fourth-order valence-corrected chi connectivity index (χ4v) is 2.35. The van der Waals surface area contributed by atoms with Crippen molar-refractivity contribution in [2.24, 2.45) is 0 Å². The highest BCUT2D eigenvalue weighted by atomic mass is 35.5. The van der Waals surface area contributed by atoms with Crippen LogP contribution in [0, 0.1) is 6.92 Å². The Labute approximate surface area is 100 Å². The van der Waals surface area contributed by atoms with Gasteiger partial charge < -0.3 is 10.2 Å². The molecule has 2 rings (SSSR count). The van der Waals surface area contributed by atoms with Gasteiger partial charge in [0.05, 0.1) is 17.9 Å². The first-order valence-corrected chi connectivity index (χ1v) is 5.85. The van der Waals surface area contributed by atoms with Crippen molar-refractivity contribution in [3.63, 3.8) is 0 Å². The number of hydrogen-bond donors (Lipinski definition) is 1. The third-order valence-electron chi connectivity index (χ3n) is 2.71. The minimum atomic E-state index is 0.125. The van der Waals surface area contributed by atoms with E-state index in [9.17, 15) is 4.79 Å². The predicted molar refractivity (Wildman–Crippen MR) is 67.3 cm³/mol. The molecule has 4 heteroatoms. The standard InChI is InChI=1S/C12H15ClN2O/c1-3-4-15-11(16)7-14-10-6-9(13)5-8(2)12(10)15/h5-6,14H,3-4,7H2,1-2H3. The topological polar surface area (TPSA) is 32.3 Å². The number of anilines is 2. The Hall–Kier alpha value is -1.22. The number of halogens is 1. The van der Waals surface area contributed by atoms with Crippen LogP contribution in [0.25, 0.3) is 0 Å². The molecule has 3 nitrogen and oxygen atoms in total. The number of benzene rings is 1. The Bertz CT molecular complexity index is 431. The zero-order valence-electron chi connectivity index (χ0n) is 9.51. The molecule has 0 atom stereocenters. The summed E-state index contributed by atoms with van der Waals surface area (Å²) in [6.07, 6.45) is 0.952. The summed E-state index contributed by atoms with van der Waals surface area (Å²) in [5.74, 6) is 0.125. The van der Waals surface area contributed by atoms with E-state index in [1.807, 2.05) is 24.0 Å². The zero-order chi connectivity index (χ0) is 11.7. The molecule has 0 bridgehead atoms. The van der Waals surface area contributed by atoms with E-state index in [0.717, 1.165) is 29.9 Å². The minimum Gasteiger partial charge on any atom is -0.374 e. The van der Waals surface area contributed by atoms with Crippen LogP contribution in [0.1, 0.15) is 18.9 Å². The van der Waals surface area contributed by atoms with E-state index < -0.39 is 0 Å². The molecule has 0 saturated heterocycles. The monoisotopic (exact) mass is 238 g/mol. The highest BCUT2D eigenvalue weighted by molar-refractivity contribution is 6.31. The molecule has 1 aromatic rings. The average molecular weight is 239 g/mol. The van der Waals surface area contributed by atoms with Crippen LogP contribution in [0.3, 0.4) is 0 Å². The molecule has 0 fully saturated rings. The van der Waals surface area contributed by atoms with Crippen LogP contribution in [0.4, 0.5) is 11.4 Å². The van der Waals surface area contributed by atoms with Crippen LogP contribution in [-0.4, -0.2) is 19.0 Å². The lowest BCUT2D eigenvalue weighted by atomic mass is 10.1. The van der Waals surface area contributed by atoms with E-state index in [0.29, 0.717) is 11.6 Å². The van der Waals surface area contributed by atoms with E-state index in [4.69, 9.17) is 11.6 Å². The number of aryl methyl sites for hydroxylation is 1. The molecule has 0 spiro atoms. The largest absolute Gasteiger partial charge is 0.374 e. The van der Waals surface area contributed by atoms with Crippen molar-refractivity contribution in [3.8, 4) is 0 Å². The summed E-state index contributed by atoms with van der Waals surface area (Å²) in [5.41, 5.74) is 2.97. The summed E-state index contributed by atoms with van der Waals surface area (Å²) in [6.45, 7) is 5.16. The van der Waals surface area contributed by atoms with Crippen molar-refractivity contribution >= 4 is 28.9 Å². The van der Waals surface area contributed by atoms with Crippen LogP contribution in [-0.2, 0) is 4.79 Å². The molecule has 1 aliphatic heterocycles. The van der Waals surface area contributed by atoms with Gasteiger partial charge in [-0.05, 0) is 31.0 Å². The van der Waals surface area contributed by atoms with Crippen molar-refractivity contribution in [1.82, 2.24) is 0 Å². The quantitative estimate of drug-likeness (QED) is 0.859. The normalized spacial score (nSPS) is 14.7. The number of fused-ring (bicyclic) bond motifs is 1. The number of carbonyl (C=O) groups excluding carboxylic acids is 1. The Morgan fingerprint density at radius 1 is 1.50 bits per heavy atom. The molecule has 0 aliphatic carbocycles. The number of hydrogen-bond acceptors (Lipinski definition) is 2. The van der Waals surface area contributed by atoms with E-state index in [1.165, 1.54) is 0 Å². The van der Waals surface area contributed by atoms with Crippen molar-refractivity contribution in [3.05, 3.63) is 22.7 Å². The third kappa shape index (κ3) is 1.87. The first-order valence-electron chi connectivity index (χ1n) is 5.48. The molecule has 1 aromatic carbocycles. The maximum atomic E-state index is 11.8. The highest BCUT2D eigenvalue weighted by Gasteiger charge is 2.24. The second kappa shape index (κ2) is 4.34. The Morgan fingerprint density at radius 2 is 2.25 bits per heavy atom. The minimum absolute atomic E-state index is 0.125. The number of carbonyl (C=O) groups is 1. The molecule has 1 amide bonds. The fourth-order valence-electron chi connectivity index (χ4n) is 2.08. The molecule has 1 aliphatic rings. The summed E-state index contributed by atoms with van der Waals surface area (Å²) in [5, 5.41) is 3.81. The maximum Gasteiger partial charge on any atom is 0.246 e. The predicted octanol–water partition coefficient (Wildman–Crippen LogP) is 2.82. The van der Waals surface area contributed by atoms with Crippen LogP contribution >= 0.6 is 11.6 Å². The van der Waals surface area contributed by atoms with Gasteiger partial charge in [-0.2, -0.15) is 0 Å². The van der Waals surface area contributed by atoms with Crippen molar-refractivity contribution in [1.29, 1.82) is 0 Å². The molecule has 1 heterocycles. The lowest BCUT2D eigenvalue weighted by molar-refractivity contribution is -0.117. The number of rotatable bonds is 2. The first kappa shape index (κ1) is 11.3. The Kier molecular flexibility index (Phi) is 3.06. The lowest BCUT2D eigenvalue weighted by Gasteiger charge is -2.31. The second-order valence-corrected chi connectivity index (χ2v) is 4.45. The highest BCUT2D eigenvalue weighted by Crippen LogP contribution is 2.35. The van der Waals surface area contributed by atoms with Crippen LogP contribution in [0.5, 0.6) is 0 Å². The van der Waals surface area contributed by atoms with Gasteiger partial charge in [-0.3, -0.25) is 4.79 Å². The maximum absolute atomic E-state index is 11.8. The van der Waals surface area contributed by atoms with Gasteiger partial charge in [0.25, 0.3) is 0 Å². The molecule has 86 valence electrons. The molecular weight excluding hydrogens is 224 g/mol. The third-order valence-corrected chi connectivity index (χ3v) is 2.93. The van der Waals surface area contributed by atoms with Gasteiger partial charge in [-0.1, -0.05) is 18.5 Å². The Balaban J connectivity index is 2.50. The molecule has 0 unspecified atom stereocenters. The first-order chi connectivity index (χ1) is 7.63. The van der Waals surface area contributed by atoms with E-state index in [-0.39, 0.29) is 5.91 Å². The van der Waals surface area contributed by atoms with Crippen LogP contribution < -0.4 is 10.2 Å². The number of amides is 1. The molecule has 0 saturated carbocycles. The van der Waals surface area contributed by atoms with Crippen molar-refractivity contribution in [2.75, 3.05) is 23.3 Å². The van der Waals surface area contributed by atoms with E-state index >= 15 is 0 Å². The summed E-state index contributed by atoms with van der Waals surface area (Å²) < 4.78 is 0. The van der Waals surface area contributed by atoms with Gasteiger partial charge in [0.1, 0.15) is 0 Å². The van der Waals surface area contributed by atoms with Crippen molar-refractivity contribution in [2.45, 2.75) is 20.3 Å². The summed E-state index contributed by atoms with van der Waals surface area (Å²) in [4.78, 5) is 13.7. The molecule has 1 N–H and O–H groups in total. The van der Waals surface area contributed by atoms with Gasteiger partial charge in [0, 0.05) is 11.6 Å². The number of nitrogens with one attached hydrogen (secondary N) is 1. The van der Waals surface area contributed by atoms with Crippen molar-refractivity contribution < 1.29 is 4.79 Å². The summed E-state index contributed by atoms with van der Waals surface area (Å²) in [6, 6.07) is 3.77. The van der Waals surface area contributed by atoms with Crippen LogP contribution in [0.2, 0.25) is 5.02 Å². The second-order valence-electron chi connectivity index (χ2n) is 4.02. The van der Waals surface area contributed by atoms with Crippen LogP contribution in [0.15, 0.2) is 12.1 Å². The lowest BCUT2D eigenvalue weighted by Crippen LogP contribution is -2.40. The SMILES string of the molecule is CCCN1C(=O)CNc2cc(Cl)cc(C)c21. The van der Waals surface area contributed by atoms with Gasteiger partial charge in [0.2, 0.25) is 5.91 Å². The summed E-state index contributed by atoms with van der Waals surface area (Å²) >= 11 is 6.00. The molecular formula is C12H15ClN2O.